The number of nitrogens with one attached hydrogen (secondary N) is 2. The highest BCUT2D eigenvalue weighted by Crippen LogP contribution is 2.27. The van der Waals surface area contributed by atoms with Gasteiger partial charge in [0.1, 0.15) is 18.4 Å². The summed E-state index contributed by atoms with van der Waals surface area (Å²) in [6.45, 7) is -0.0435. The van der Waals surface area contributed by atoms with Crippen molar-refractivity contribution in [3.63, 3.8) is 0 Å². The summed E-state index contributed by atoms with van der Waals surface area (Å²) in [5.41, 5.74) is 0.686. The predicted octanol–water partition coefficient (Wildman–Crippen LogP) is 3.57. The number of methoxy groups -OCH3 is 1. The molecule has 0 aromatic heterocycles. The maximum absolute atomic E-state index is 13.0. The Morgan fingerprint density at radius 1 is 1.18 bits per heavy atom. The molecule has 1 aromatic carbocycles. The van der Waals surface area contributed by atoms with Crippen LogP contribution in [0.5, 0.6) is 0 Å². The van der Waals surface area contributed by atoms with Crippen molar-refractivity contribution in [2.45, 2.75) is 64.0 Å². The minimum atomic E-state index is -1.05. The Labute approximate surface area is 204 Å². The van der Waals surface area contributed by atoms with Gasteiger partial charge in [0, 0.05) is 18.5 Å². The van der Waals surface area contributed by atoms with Crippen LogP contribution >= 0.6 is 11.6 Å². The molecule has 2 N–H and O–H groups in total. The van der Waals surface area contributed by atoms with Gasteiger partial charge in [-0.2, -0.15) is 4.99 Å². The number of nitrogens with zero attached hydrogens (tertiary/aromatic N) is 1. The third kappa shape index (κ3) is 9.51. The van der Waals surface area contributed by atoms with Gasteiger partial charge < -0.3 is 20.1 Å². The number of halogens is 1. The smallest absolute Gasteiger partial charge is 0.434 e. The summed E-state index contributed by atoms with van der Waals surface area (Å²) in [5, 5.41) is 5.56. The van der Waals surface area contributed by atoms with Crippen LogP contribution in [0.1, 0.15) is 56.9 Å². The molecule has 1 fully saturated rings. The van der Waals surface area contributed by atoms with Crippen LogP contribution in [0, 0.1) is 5.92 Å². The van der Waals surface area contributed by atoms with Crippen molar-refractivity contribution < 1.29 is 28.7 Å². The van der Waals surface area contributed by atoms with E-state index in [1.54, 1.807) is 24.3 Å². The lowest BCUT2D eigenvalue weighted by Crippen LogP contribution is -2.45. The van der Waals surface area contributed by atoms with Gasteiger partial charge in [0.05, 0.1) is 7.11 Å². The van der Waals surface area contributed by atoms with Gasteiger partial charge in [0.15, 0.2) is 0 Å². The van der Waals surface area contributed by atoms with Crippen LogP contribution in [-0.2, 0) is 30.5 Å². The average molecular weight is 494 g/mol. The van der Waals surface area contributed by atoms with Crippen LogP contribution in [0.2, 0.25) is 5.02 Å². The van der Waals surface area contributed by atoms with Gasteiger partial charge in [0.2, 0.25) is 5.91 Å². The largest absolute Gasteiger partial charge is 0.467 e. The first-order valence-corrected chi connectivity index (χ1v) is 11.8. The first kappa shape index (κ1) is 27.3. The molecule has 1 saturated carbocycles. The van der Waals surface area contributed by atoms with E-state index in [1.165, 1.54) is 14.2 Å². The molecule has 0 bridgehead atoms. The SMILES string of the molecule is CNC(=O)CCC(NC(=O)/C(CC1CCCCC1)=N/C(=O)OCc1cccc(Cl)c1)C(=O)OC. The minimum absolute atomic E-state index is 0.00293. The second-order valence-electron chi connectivity index (χ2n) is 8.21. The van der Waals surface area contributed by atoms with E-state index in [-0.39, 0.29) is 37.0 Å². The molecule has 3 amide bonds. The van der Waals surface area contributed by atoms with Crippen molar-refractivity contribution in [3.8, 4) is 0 Å². The molecule has 0 heterocycles. The molecule has 0 aliphatic heterocycles. The number of carbonyl (C=O) groups excluding carboxylic acids is 4. The van der Waals surface area contributed by atoms with Crippen LogP contribution in [0.4, 0.5) is 4.79 Å². The summed E-state index contributed by atoms with van der Waals surface area (Å²) in [7, 11) is 2.68. The molecule has 1 aliphatic rings. The van der Waals surface area contributed by atoms with Gasteiger partial charge in [-0.25, -0.2) is 9.59 Å². The third-order valence-corrected chi connectivity index (χ3v) is 5.91. The Morgan fingerprint density at radius 2 is 1.91 bits per heavy atom. The van der Waals surface area contributed by atoms with Crippen molar-refractivity contribution >= 4 is 41.2 Å². The predicted molar refractivity (Wildman–Crippen MR) is 128 cm³/mol. The van der Waals surface area contributed by atoms with E-state index >= 15 is 0 Å². The zero-order chi connectivity index (χ0) is 24.9. The van der Waals surface area contributed by atoms with Gasteiger partial charge in [-0.3, -0.25) is 9.59 Å². The second-order valence-corrected chi connectivity index (χ2v) is 8.65. The van der Waals surface area contributed by atoms with Gasteiger partial charge in [0.25, 0.3) is 5.91 Å². The van der Waals surface area contributed by atoms with Crippen molar-refractivity contribution in [1.29, 1.82) is 0 Å². The van der Waals surface area contributed by atoms with E-state index in [2.05, 4.69) is 15.6 Å². The van der Waals surface area contributed by atoms with Crippen LogP contribution in [0.25, 0.3) is 0 Å². The van der Waals surface area contributed by atoms with E-state index < -0.39 is 24.0 Å². The number of benzene rings is 1. The van der Waals surface area contributed by atoms with Crippen molar-refractivity contribution in [1.82, 2.24) is 10.6 Å². The third-order valence-electron chi connectivity index (χ3n) is 5.68. The lowest BCUT2D eigenvalue weighted by molar-refractivity contribution is -0.144. The highest BCUT2D eigenvalue weighted by molar-refractivity contribution is 6.40. The number of hydrogen-bond donors (Lipinski definition) is 2. The van der Waals surface area contributed by atoms with E-state index in [0.717, 1.165) is 32.1 Å². The first-order valence-electron chi connectivity index (χ1n) is 11.4. The highest BCUT2D eigenvalue weighted by atomic mass is 35.5. The fourth-order valence-electron chi connectivity index (χ4n) is 3.80. The number of amides is 3. The van der Waals surface area contributed by atoms with E-state index in [1.807, 2.05) is 0 Å². The van der Waals surface area contributed by atoms with Crippen LogP contribution in [0.3, 0.4) is 0 Å². The van der Waals surface area contributed by atoms with Crippen LogP contribution < -0.4 is 10.6 Å². The van der Waals surface area contributed by atoms with Gasteiger partial charge in [-0.05, 0) is 36.5 Å². The summed E-state index contributed by atoms with van der Waals surface area (Å²) in [6.07, 6.45) is 4.57. The van der Waals surface area contributed by atoms with Crippen LogP contribution in [0.15, 0.2) is 29.3 Å². The lowest BCUT2D eigenvalue weighted by Gasteiger charge is -2.23. The Kier molecular flexibility index (Phi) is 11.5. The molecule has 1 aliphatic carbocycles. The lowest BCUT2D eigenvalue weighted by atomic mass is 9.85. The highest BCUT2D eigenvalue weighted by Gasteiger charge is 2.27. The molecule has 1 unspecified atom stereocenters. The second kappa shape index (κ2) is 14.3. The number of ether oxygens (including phenoxy) is 2. The Bertz CT molecular complexity index is 898. The topological polar surface area (TPSA) is 123 Å². The molecule has 1 aromatic rings. The summed E-state index contributed by atoms with van der Waals surface area (Å²) < 4.78 is 9.97. The van der Waals surface area contributed by atoms with Gasteiger partial charge in [-0.15, -0.1) is 0 Å². The zero-order valence-electron chi connectivity index (χ0n) is 19.6. The molecular weight excluding hydrogens is 462 g/mol. The number of hydrogen-bond acceptors (Lipinski definition) is 6. The molecule has 186 valence electrons. The summed E-state index contributed by atoms with van der Waals surface area (Å²) in [5.74, 6) is -1.40. The standard InChI is InChI=1S/C24H32ClN3O6/c1-26-21(29)12-11-19(23(31)33-2)27-22(30)20(14-16-7-4-3-5-8-16)28-24(32)34-15-17-9-6-10-18(25)13-17/h6,9-10,13,16,19H,3-5,7-8,11-12,14-15H2,1-2H3,(H,26,29)(H,27,30)/b28-20+. The summed E-state index contributed by atoms with van der Waals surface area (Å²) >= 11 is 5.95. The first-order chi connectivity index (χ1) is 16.3. The fraction of sp³-hybridized carbons (Fsp3) is 0.542. The number of rotatable bonds is 10. The molecule has 34 heavy (non-hydrogen) atoms. The van der Waals surface area contributed by atoms with Crippen molar-refractivity contribution in [3.05, 3.63) is 34.9 Å². The normalized spacial score (nSPS) is 15.2. The molecule has 9 nitrogen and oxygen atoms in total. The quantitative estimate of drug-likeness (QED) is 0.379. The maximum Gasteiger partial charge on any atom is 0.434 e. The van der Waals surface area contributed by atoms with Gasteiger partial charge >= 0.3 is 12.1 Å². The number of esters is 1. The molecule has 0 saturated heterocycles. The minimum Gasteiger partial charge on any atom is -0.467 e. The monoisotopic (exact) mass is 493 g/mol. The van der Waals surface area contributed by atoms with E-state index in [4.69, 9.17) is 21.1 Å². The molecule has 0 spiro atoms. The maximum atomic E-state index is 13.0. The molecule has 0 radical (unpaired) electrons. The number of carbonyl (C=O) groups is 4. The molecule has 1 atom stereocenters. The zero-order valence-corrected chi connectivity index (χ0v) is 20.4. The Balaban J connectivity index is 2.12. The Hall–Kier alpha value is -2.94. The molecule has 10 heteroatoms. The van der Waals surface area contributed by atoms with E-state index in [9.17, 15) is 19.2 Å². The fourth-order valence-corrected chi connectivity index (χ4v) is 4.01. The summed E-state index contributed by atoms with van der Waals surface area (Å²) in [6, 6.07) is 5.82. The average Bonchev–Trinajstić information content (AvgIpc) is 2.84. The van der Waals surface area contributed by atoms with Crippen molar-refractivity contribution in [2.24, 2.45) is 10.9 Å². The van der Waals surface area contributed by atoms with Crippen LogP contribution in [-0.4, -0.2) is 49.8 Å². The van der Waals surface area contributed by atoms with Gasteiger partial charge in [-0.1, -0.05) is 55.8 Å². The van der Waals surface area contributed by atoms with Crippen molar-refractivity contribution in [2.75, 3.05) is 14.2 Å². The molecule has 2 rings (SSSR count). The van der Waals surface area contributed by atoms with E-state index in [0.29, 0.717) is 17.0 Å². The number of aliphatic imine (C=N–C) groups is 1. The molecular formula is C24H32ClN3O6. The Morgan fingerprint density at radius 3 is 2.56 bits per heavy atom. The summed E-state index contributed by atoms with van der Waals surface area (Å²) in [4.78, 5) is 53.2.